The molecule has 0 bridgehead atoms. The molecule has 180 valence electrons. The minimum atomic E-state index is -0.677. The topological polar surface area (TPSA) is 76.6 Å². The first-order valence-corrected chi connectivity index (χ1v) is 11.6. The number of rotatable bonds is 5. The molecule has 1 saturated heterocycles. The molecule has 1 aliphatic heterocycles. The van der Waals surface area contributed by atoms with Gasteiger partial charge < -0.3 is 14.8 Å². The van der Waals surface area contributed by atoms with Crippen molar-refractivity contribution in [2.24, 2.45) is 0 Å². The van der Waals surface area contributed by atoms with Crippen LogP contribution in [0.1, 0.15) is 72.9 Å². The molecule has 1 aliphatic rings. The van der Waals surface area contributed by atoms with Gasteiger partial charge in [0.05, 0.1) is 12.6 Å². The van der Waals surface area contributed by atoms with E-state index in [1.807, 2.05) is 59.1 Å². The van der Waals surface area contributed by atoms with Crippen LogP contribution in [0.3, 0.4) is 0 Å². The van der Waals surface area contributed by atoms with E-state index in [2.05, 4.69) is 48.2 Å². The van der Waals surface area contributed by atoms with Gasteiger partial charge in [-0.25, -0.2) is 14.8 Å². The van der Waals surface area contributed by atoms with Gasteiger partial charge in [-0.15, -0.1) is 0 Å². The molecule has 7 nitrogen and oxygen atoms in total. The fraction of sp³-hybridized carbons (Fsp3) is 0.577. The van der Waals surface area contributed by atoms with E-state index in [1.165, 1.54) is 5.56 Å². The van der Waals surface area contributed by atoms with Gasteiger partial charge in [0.2, 0.25) is 5.95 Å². The van der Waals surface area contributed by atoms with Crippen LogP contribution in [0.5, 0.6) is 0 Å². The lowest BCUT2D eigenvalue weighted by atomic mass is 9.89. The van der Waals surface area contributed by atoms with E-state index in [0.29, 0.717) is 12.6 Å². The highest BCUT2D eigenvalue weighted by Crippen LogP contribution is 2.31. The number of aromatic nitrogens is 2. The highest BCUT2D eigenvalue weighted by atomic mass is 16.6. The number of anilines is 2. The number of ether oxygens (including phenoxy) is 2. The average molecular weight is 455 g/mol. The third-order valence-corrected chi connectivity index (χ3v) is 5.66. The molecule has 1 aromatic heterocycles. The Morgan fingerprint density at radius 1 is 1.12 bits per heavy atom. The molecule has 1 fully saturated rings. The SMILES string of the molecule is CC(C)(C)OC(=O)N1[C@@H](CCc2ccc(Nc3ncc(C(C)(C)C)cn3)cc2)COC1(C)C. The number of carbonyl (C=O) groups is 1. The zero-order chi connectivity index (χ0) is 24.4. The zero-order valence-electron chi connectivity index (χ0n) is 21.2. The fourth-order valence-corrected chi connectivity index (χ4v) is 3.77. The summed E-state index contributed by atoms with van der Waals surface area (Å²) in [6.45, 7) is 16.4. The largest absolute Gasteiger partial charge is 0.444 e. The van der Waals surface area contributed by atoms with Gasteiger partial charge in [0.15, 0.2) is 0 Å². The molecule has 33 heavy (non-hydrogen) atoms. The third kappa shape index (κ3) is 6.67. The predicted molar refractivity (Wildman–Crippen MR) is 131 cm³/mol. The van der Waals surface area contributed by atoms with Crippen molar-refractivity contribution < 1.29 is 14.3 Å². The average Bonchev–Trinajstić information content (AvgIpc) is 3.00. The van der Waals surface area contributed by atoms with Gasteiger partial charge >= 0.3 is 6.09 Å². The van der Waals surface area contributed by atoms with Gasteiger partial charge in [-0.3, -0.25) is 4.90 Å². The highest BCUT2D eigenvalue weighted by Gasteiger charge is 2.45. The first-order valence-electron chi connectivity index (χ1n) is 11.6. The number of aryl methyl sites for hydroxylation is 1. The Morgan fingerprint density at radius 2 is 1.73 bits per heavy atom. The highest BCUT2D eigenvalue weighted by molar-refractivity contribution is 5.69. The quantitative estimate of drug-likeness (QED) is 0.613. The molecule has 2 aromatic rings. The maximum atomic E-state index is 12.8. The molecular weight excluding hydrogens is 416 g/mol. The van der Waals surface area contributed by atoms with Gasteiger partial charge in [-0.2, -0.15) is 0 Å². The summed E-state index contributed by atoms with van der Waals surface area (Å²) in [5.41, 5.74) is 2.03. The second kappa shape index (κ2) is 9.29. The molecule has 7 heteroatoms. The van der Waals surface area contributed by atoms with Crippen LogP contribution in [0, 0.1) is 0 Å². The van der Waals surface area contributed by atoms with Crippen LogP contribution >= 0.6 is 0 Å². The molecule has 0 saturated carbocycles. The Labute approximate surface area is 197 Å². The standard InChI is InChI=1S/C26H38N4O3/c1-24(2,3)19-15-27-22(28-16-19)29-20-12-9-18(10-13-20)11-14-21-17-32-26(7,8)30(21)23(31)33-25(4,5)6/h9-10,12-13,15-16,21H,11,14,17H2,1-8H3,(H,27,28,29)/t21-/m0/s1. The third-order valence-electron chi connectivity index (χ3n) is 5.66. The number of hydrogen-bond acceptors (Lipinski definition) is 6. The van der Waals surface area contributed by atoms with E-state index in [9.17, 15) is 4.79 Å². The first kappa shape index (κ1) is 25.0. The van der Waals surface area contributed by atoms with Crippen molar-refractivity contribution in [3.05, 3.63) is 47.8 Å². The van der Waals surface area contributed by atoms with Crippen LogP contribution in [0.4, 0.5) is 16.4 Å². The van der Waals surface area contributed by atoms with E-state index in [0.717, 1.165) is 24.1 Å². The summed E-state index contributed by atoms with van der Waals surface area (Å²) in [5, 5.41) is 3.25. The summed E-state index contributed by atoms with van der Waals surface area (Å²) in [5.74, 6) is 0.578. The Morgan fingerprint density at radius 3 is 2.27 bits per heavy atom. The minimum Gasteiger partial charge on any atom is -0.444 e. The van der Waals surface area contributed by atoms with Gasteiger partial charge in [0.1, 0.15) is 11.3 Å². The van der Waals surface area contributed by atoms with Crippen molar-refractivity contribution >= 4 is 17.7 Å². The number of benzene rings is 1. The first-order chi connectivity index (χ1) is 15.2. The molecule has 0 spiro atoms. The van der Waals surface area contributed by atoms with E-state index < -0.39 is 11.3 Å². The number of nitrogens with zero attached hydrogens (tertiary/aromatic N) is 3. The maximum absolute atomic E-state index is 12.8. The van der Waals surface area contributed by atoms with Gasteiger partial charge in [-0.05, 0) is 76.1 Å². The van der Waals surface area contributed by atoms with Crippen molar-refractivity contribution in [1.82, 2.24) is 14.9 Å². The number of carbonyl (C=O) groups excluding carboxylic acids is 1. The second-order valence-electron chi connectivity index (χ2n) is 11.2. The Hall–Kier alpha value is -2.67. The van der Waals surface area contributed by atoms with Crippen LogP contribution in [0.2, 0.25) is 0 Å². The number of nitrogens with one attached hydrogen (secondary N) is 1. The zero-order valence-corrected chi connectivity index (χ0v) is 21.2. The molecule has 1 amide bonds. The molecule has 0 radical (unpaired) electrons. The lowest BCUT2D eigenvalue weighted by molar-refractivity contribution is -0.0626. The fourth-order valence-electron chi connectivity index (χ4n) is 3.77. The van der Waals surface area contributed by atoms with Crippen LogP contribution in [-0.2, 0) is 21.3 Å². The molecule has 1 atom stereocenters. The van der Waals surface area contributed by atoms with E-state index in [1.54, 1.807) is 4.90 Å². The van der Waals surface area contributed by atoms with Crippen molar-refractivity contribution in [2.75, 3.05) is 11.9 Å². The Bertz CT molecular complexity index is 941. The van der Waals surface area contributed by atoms with Crippen molar-refractivity contribution in [3.63, 3.8) is 0 Å². The molecule has 0 unspecified atom stereocenters. The predicted octanol–water partition coefficient (Wildman–Crippen LogP) is 5.82. The summed E-state index contributed by atoms with van der Waals surface area (Å²) in [6.07, 6.45) is 5.04. The van der Waals surface area contributed by atoms with Crippen LogP contribution in [-0.4, -0.2) is 44.9 Å². The summed E-state index contributed by atoms with van der Waals surface area (Å²) >= 11 is 0. The smallest absolute Gasteiger partial charge is 0.412 e. The molecule has 2 heterocycles. The Kier molecular flexibility index (Phi) is 7.03. The van der Waals surface area contributed by atoms with Gasteiger partial charge in [0, 0.05) is 18.1 Å². The summed E-state index contributed by atoms with van der Waals surface area (Å²) in [6, 6.07) is 8.20. The molecule has 1 N–H and O–H groups in total. The van der Waals surface area contributed by atoms with Crippen LogP contribution in [0.15, 0.2) is 36.7 Å². The Balaban J connectivity index is 1.59. The van der Waals surface area contributed by atoms with Crippen molar-refractivity contribution in [3.8, 4) is 0 Å². The summed E-state index contributed by atoms with van der Waals surface area (Å²) < 4.78 is 11.5. The summed E-state index contributed by atoms with van der Waals surface area (Å²) in [7, 11) is 0. The van der Waals surface area contributed by atoms with E-state index >= 15 is 0 Å². The molecule has 0 aliphatic carbocycles. The molecular formula is C26H38N4O3. The van der Waals surface area contributed by atoms with Crippen molar-refractivity contribution in [2.45, 2.75) is 91.0 Å². The van der Waals surface area contributed by atoms with Crippen LogP contribution < -0.4 is 5.32 Å². The van der Waals surface area contributed by atoms with Gasteiger partial charge in [0.25, 0.3) is 0 Å². The van der Waals surface area contributed by atoms with Crippen molar-refractivity contribution in [1.29, 1.82) is 0 Å². The normalized spacial score (nSPS) is 18.3. The van der Waals surface area contributed by atoms with E-state index in [4.69, 9.17) is 9.47 Å². The lowest BCUT2D eigenvalue weighted by Gasteiger charge is -2.35. The number of hydrogen-bond donors (Lipinski definition) is 1. The molecule has 3 rings (SSSR count). The minimum absolute atomic E-state index is 0.0256. The van der Waals surface area contributed by atoms with Gasteiger partial charge in [-0.1, -0.05) is 32.9 Å². The maximum Gasteiger partial charge on any atom is 0.412 e. The lowest BCUT2D eigenvalue weighted by Crippen LogP contribution is -2.49. The van der Waals surface area contributed by atoms with E-state index in [-0.39, 0.29) is 17.6 Å². The van der Waals surface area contributed by atoms with Crippen LogP contribution in [0.25, 0.3) is 0 Å². The second-order valence-corrected chi connectivity index (χ2v) is 11.2. The summed E-state index contributed by atoms with van der Waals surface area (Å²) in [4.78, 5) is 23.4. The molecule has 1 aromatic carbocycles. The monoisotopic (exact) mass is 454 g/mol. The number of amides is 1.